The number of aryl methyl sites for hydroxylation is 2. The molecule has 0 spiro atoms. The van der Waals surface area contributed by atoms with E-state index in [0.29, 0.717) is 90.3 Å². The maximum absolute atomic E-state index is 16.2. The van der Waals surface area contributed by atoms with Crippen LogP contribution in [0.1, 0.15) is 194 Å². The number of anilines is 1. The number of aldehydes is 1. The standard InChI is InChI=1S/C81H75NO6/c1-11-15-17-21-55-30-36-62(37-31-55)87-73-48-70-75-69(80(84)82(81(70)85)79-67(50(5)6)45-58(46-68(79)51(7)8)29-28-57-42-56(43-59(44-57)49-83)27-26-54(14-4)19-13-3)47-72(88-63-38-32-60(33-39-63)53(10)20-16-12-2)76-65-23-18-22-64-71(86-61-34-24-52(9)25-35-61)41-40-66(74(64)65)77(73)78(75)76/h14,18-19,22-25,30-51,53H,4,11-13,15-17,20-21H2,1-3,5-10H3/b54-19+/t53-/m0/s1. The normalized spacial score (nSPS) is 12.7. The van der Waals surface area contributed by atoms with Crippen LogP contribution in [-0.2, 0) is 6.42 Å². The Balaban J connectivity index is 1.14. The number of fused-ring (bicyclic) bond motifs is 2. The van der Waals surface area contributed by atoms with Gasteiger partial charge in [0.1, 0.15) is 40.8 Å². The van der Waals surface area contributed by atoms with Gasteiger partial charge in [-0.3, -0.25) is 14.4 Å². The topological polar surface area (TPSA) is 82.1 Å². The Labute approximate surface area is 518 Å². The number of carbonyl (C=O) groups is 3. The van der Waals surface area contributed by atoms with Gasteiger partial charge in [-0.15, -0.1) is 0 Å². The summed E-state index contributed by atoms with van der Waals surface area (Å²) in [6.45, 7) is 23.0. The van der Waals surface area contributed by atoms with Crippen LogP contribution in [-0.4, -0.2) is 18.1 Å². The highest BCUT2D eigenvalue weighted by atomic mass is 16.5. The molecule has 1 aliphatic heterocycles. The highest BCUT2D eigenvalue weighted by Crippen LogP contribution is 2.54. The fraction of sp³-hybridized carbons (Fsp3) is 0.247. The Kier molecular flexibility index (Phi) is 17.8. The van der Waals surface area contributed by atoms with E-state index in [1.165, 1.54) is 16.0 Å². The lowest BCUT2D eigenvalue weighted by Gasteiger charge is -2.34. The quantitative estimate of drug-likeness (QED) is 0.0144. The summed E-state index contributed by atoms with van der Waals surface area (Å²) in [5, 5.41) is 6.27. The molecule has 0 unspecified atom stereocenters. The summed E-state index contributed by atoms with van der Waals surface area (Å²) in [5.74, 6) is 15.7. The predicted octanol–water partition coefficient (Wildman–Crippen LogP) is 21.6. The number of nitrogens with zero attached hydrogens (tertiary/aromatic N) is 1. The number of benzene rings is 10. The molecule has 10 aromatic rings. The third-order valence-electron chi connectivity index (χ3n) is 16.9. The van der Waals surface area contributed by atoms with E-state index in [0.717, 1.165) is 112 Å². The van der Waals surface area contributed by atoms with Crippen molar-refractivity contribution in [1.82, 2.24) is 0 Å². The first-order valence-electron chi connectivity index (χ1n) is 31.3. The number of ether oxygens (including phenoxy) is 3. The first kappa shape index (κ1) is 60.0. The van der Waals surface area contributed by atoms with Gasteiger partial charge in [0.15, 0.2) is 0 Å². The molecule has 0 bridgehead atoms. The largest absolute Gasteiger partial charge is 0.457 e. The lowest BCUT2D eigenvalue weighted by atomic mass is 9.82. The molecule has 0 radical (unpaired) electrons. The lowest BCUT2D eigenvalue weighted by Crippen LogP contribution is -2.42. The molecule has 0 aromatic heterocycles. The molecule has 0 fully saturated rings. The molecular weight excluding hydrogens is 1080 g/mol. The zero-order chi connectivity index (χ0) is 61.8. The molecule has 10 aromatic carbocycles. The predicted molar refractivity (Wildman–Crippen MR) is 362 cm³/mol. The summed E-state index contributed by atoms with van der Waals surface area (Å²) in [6.07, 6.45) is 13.0. The number of imide groups is 1. The molecule has 7 nitrogen and oxygen atoms in total. The first-order chi connectivity index (χ1) is 42.7. The van der Waals surface area contributed by atoms with E-state index >= 15 is 9.59 Å². The number of carbonyl (C=O) groups excluding carboxylic acids is 3. The van der Waals surface area contributed by atoms with Crippen LogP contribution in [0.15, 0.2) is 170 Å². The second-order valence-electron chi connectivity index (χ2n) is 24.0. The number of amides is 2. The Morgan fingerprint density at radius 3 is 1.67 bits per heavy atom. The van der Waals surface area contributed by atoms with Gasteiger partial charge in [-0.2, -0.15) is 0 Å². The summed E-state index contributed by atoms with van der Waals surface area (Å²) in [4.78, 5) is 46.1. The zero-order valence-electron chi connectivity index (χ0n) is 52.1. The van der Waals surface area contributed by atoms with Crippen molar-refractivity contribution in [3.63, 3.8) is 0 Å². The second-order valence-corrected chi connectivity index (χ2v) is 24.0. The fourth-order valence-electron chi connectivity index (χ4n) is 12.3. The molecule has 2 amide bonds. The number of unbranched alkanes of at least 4 members (excludes halogenated alkanes) is 3. The molecule has 0 saturated heterocycles. The molecule has 0 aliphatic carbocycles. The summed E-state index contributed by atoms with van der Waals surface area (Å²) in [5.41, 5.74) is 9.58. The number of hydrogen-bond acceptors (Lipinski definition) is 6. The van der Waals surface area contributed by atoms with Gasteiger partial charge < -0.3 is 14.2 Å². The smallest absolute Gasteiger partial charge is 0.266 e. The van der Waals surface area contributed by atoms with Gasteiger partial charge in [-0.1, -0.05) is 184 Å². The Morgan fingerprint density at radius 1 is 0.557 bits per heavy atom. The third-order valence-corrected chi connectivity index (χ3v) is 16.9. The van der Waals surface area contributed by atoms with E-state index in [1.807, 2.05) is 104 Å². The van der Waals surface area contributed by atoms with Crippen molar-refractivity contribution in [2.45, 2.75) is 131 Å². The fourth-order valence-corrected chi connectivity index (χ4v) is 12.3. The van der Waals surface area contributed by atoms with Crippen LogP contribution in [0.3, 0.4) is 0 Å². The molecule has 11 rings (SSSR count). The third kappa shape index (κ3) is 12.1. The second kappa shape index (κ2) is 26.1. The average Bonchev–Trinajstić information content (AvgIpc) is 0.694. The number of rotatable bonds is 20. The Morgan fingerprint density at radius 2 is 1.10 bits per heavy atom. The van der Waals surface area contributed by atoms with Gasteiger partial charge in [0.2, 0.25) is 0 Å². The SMILES string of the molecule is C=C/C(C#Cc1cc(C#Cc2cc(C(C)C)c(N3C(=O)c4cc(Oc5ccc([C@@H](C)CCCC)cc5)c5c6cccc7c(Oc8ccc(C)cc8)ccc(c8c(Oc9ccc(CCCCC)cc9)cc(c4c58)C3=O)c76)c(C(C)C)c2)cc(C=O)c1)=C\CC. The molecule has 1 aliphatic rings. The van der Waals surface area contributed by atoms with Crippen molar-refractivity contribution in [2.75, 3.05) is 4.90 Å². The lowest BCUT2D eigenvalue weighted by molar-refractivity contribution is 0.0892. The zero-order valence-corrected chi connectivity index (χ0v) is 52.1. The van der Waals surface area contributed by atoms with Crippen molar-refractivity contribution in [1.29, 1.82) is 0 Å². The van der Waals surface area contributed by atoms with E-state index < -0.39 is 11.8 Å². The first-order valence-corrected chi connectivity index (χ1v) is 31.3. The van der Waals surface area contributed by atoms with Crippen LogP contribution in [0.5, 0.6) is 34.5 Å². The molecule has 88 heavy (non-hydrogen) atoms. The molecule has 440 valence electrons. The monoisotopic (exact) mass is 1160 g/mol. The van der Waals surface area contributed by atoms with E-state index in [9.17, 15) is 4.79 Å². The van der Waals surface area contributed by atoms with Crippen LogP contribution < -0.4 is 19.1 Å². The molecule has 1 atom stereocenters. The summed E-state index contributed by atoms with van der Waals surface area (Å²) >= 11 is 0. The van der Waals surface area contributed by atoms with Crippen LogP contribution >= 0.6 is 0 Å². The highest BCUT2D eigenvalue weighted by Gasteiger charge is 2.40. The van der Waals surface area contributed by atoms with Crippen LogP contribution in [0, 0.1) is 30.6 Å². The van der Waals surface area contributed by atoms with Gasteiger partial charge in [0.05, 0.1) is 16.8 Å². The minimum absolute atomic E-state index is 0.158. The molecule has 0 saturated carbocycles. The van der Waals surface area contributed by atoms with Crippen molar-refractivity contribution in [2.24, 2.45) is 0 Å². The summed E-state index contributed by atoms with van der Waals surface area (Å²) in [6, 6.07) is 48.0. The van der Waals surface area contributed by atoms with Crippen LogP contribution in [0.2, 0.25) is 0 Å². The maximum atomic E-state index is 16.2. The van der Waals surface area contributed by atoms with Gasteiger partial charge in [-0.25, -0.2) is 4.90 Å². The molecule has 0 N–H and O–H groups in total. The van der Waals surface area contributed by atoms with Gasteiger partial charge >= 0.3 is 0 Å². The van der Waals surface area contributed by atoms with Gasteiger partial charge in [0, 0.05) is 60.1 Å². The van der Waals surface area contributed by atoms with E-state index in [-0.39, 0.29) is 11.8 Å². The Hall–Kier alpha value is -9.69. The highest BCUT2D eigenvalue weighted by molar-refractivity contribution is 6.44. The number of allylic oxidation sites excluding steroid dienone is 3. The van der Waals surface area contributed by atoms with Crippen molar-refractivity contribution < 1.29 is 28.6 Å². The van der Waals surface area contributed by atoms with E-state index in [2.05, 4.69) is 128 Å². The summed E-state index contributed by atoms with van der Waals surface area (Å²) < 4.78 is 21.1. The van der Waals surface area contributed by atoms with Crippen molar-refractivity contribution in [3.8, 4) is 58.2 Å². The molecule has 7 heteroatoms. The van der Waals surface area contributed by atoms with Crippen molar-refractivity contribution in [3.05, 3.63) is 231 Å². The summed E-state index contributed by atoms with van der Waals surface area (Å²) in [7, 11) is 0. The van der Waals surface area contributed by atoms with Crippen LogP contribution in [0.25, 0.3) is 43.1 Å². The average molecular weight is 1160 g/mol. The molecular formula is C81H75NO6. The minimum atomic E-state index is -0.464. The maximum Gasteiger partial charge on any atom is 0.266 e. The van der Waals surface area contributed by atoms with Crippen molar-refractivity contribution >= 4 is 66.9 Å². The van der Waals surface area contributed by atoms with E-state index in [4.69, 9.17) is 14.2 Å². The van der Waals surface area contributed by atoms with Gasteiger partial charge in [0.25, 0.3) is 11.8 Å². The van der Waals surface area contributed by atoms with Crippen LogP contribution in [0.4, 0.5) is 5.69 Å². The Bertz CT molecular complexity index is 4470. The van der Waals surface area contributed by atoms with E-state index in [1.54, 1.807) is 18.2 Å². The minimum Gasteiger partial charge on any atom is -0.457 e. The molecule has 1 heterocycles. The number of hydrogen-bond donors (Lipinski definition) is 0. The van der Waals surface area contributed by atoms with Gasteiger partial charge in [-0.05, 0) is 174 Å².